The van der Waals surface area contributed by atoms with E-state index in [0.717, 1.165) is 80.7 Å². The van der Waals surface area contributed by atoms with Crippen molar-refractivity contribution in [1.29, 1.82) is 0 Å². The van der Waals surface area contributed by atoms with E-state index in [-0.39, 0.29) is 12.3 Å². The van der Waals surface area contributed by atoms with Gasteiger partial charge in [-0.1, -0.05) is 55.3 Å². The maximum atomic E-state index is 12.8. The Hall–Kier alpha value is -3.33. The van der Waals surface area contributed by atoms with Crippen molar-refractivity contribution in [2.45, 2.75) is 59.2 Å². The molecular formula is C33H39F3N4O. The monoisotopic (exact) mass is 564 g/mol. The molecule has 4 aromatic rings. The number of unbranched alkanes of at least 4 members (excludes halogenated alkanes) is 1. The summed E-state index contributed by atoms with van der Waals surface area (Å²) in [7, 11) is 0. The summed E-state index contributed by atoms with van der Waals surface area (Å²) in [4.78, 5) is 5.01. The van der Waals surface area contributed by atoms with Crippen LogP contribution in [0.1, 0.15) is 42.0 Å². The first-order chi connectivity index (χ1) is 19.7. The second kappa shape index (κ2) is 12.7. The average molecular weight is 565 g/mol. The van der Waals surface area contributed by atoms with Crippen molar-refractivity contribution >= 4 is 10.9 Å². The molecule has 0 bridgehead atoms. The zero-order valence-electron chi connectivity index (χ0n) is 23.9. The highest BCUT2D eigenvalue weighted by Crippen LogP contribution is 2.36. The Kier molecular flexibility index (Phi) is 9.02. The Balaban J connectivity index is 1.36. The Morgan fingerprint density at radius 1 is 0.829 bits per heavy atom. The number of nitrogens with zero attached hydrogens (tertiary/aromatic N) is 3. The zero-order chi connectivity index (χ0) is 29.0. The lowest BCUT2D eigenvalue weighted by molar-refractivity contribution is -0.274. The fraction of sp³-hybridized carbons (Fsp3) is 0.394. The predicted molar refractivity (Wildman–Crippen MR) is 159 cm³/mol. The van der Waals surface area contributed by atoms with Gasteiger partial charge < -0.3 is 15.0 Å². The molecule has 0 saturated carbocycles. The lowest BCUT2D eigenvalue weighted by Crippen LogP contribution is -2.45. The third-order valence-electron chi connectivity index (χ3n) is 7.92. The Morgan fingerprint density at radius 2 is 1.49 bits per heavy atom. The molecule has 5 nitrogen and oxygen atoms in total. The van der Waals surface area contributed by atoms with Gasteiger partial charge in [0.1, 0.15) is 5.75 Å². The minimum atomic E-state index is -4.75. The van der Waals surface area contributed by atoms with Crippen molar-refractivity contribution in [1.82, 2.24) is 14.4 Å². The third kappa shape index (κ3) is 7.31. The van der Waals surface area contributed by atoms with Crippen molar-refractivity contribution in [3.05, 3.63) is 89.1 Å². The molecule has 0 aliphatic carbocycles. The number of ether oxygens (including phenoxy) is 1. The highest BCUT2D eigenvalue weighted by atomic mass is 19.4. The van der Waals surface area contributed by atoms with Gasteiger partial charge in [0.25, 0.3) is 0 Å². The van der Waals surface area contributed by atoms with E-state index < -0.39 is 6.36 Å². The Morgan fingerprint density at radius 3 is 2.12 bits per heavy atom. The van der Waals surface area contributed by atoms with Crippen molar-refractivity contribution in [3.63, 3.8) is 0 Å². The molecule has 3 aromatic carbocycles. The second-order valence-electron chi connectivity index (χ2n) is 11.0. The molecule has 0 spiro atoms. The first-order valence-electron chi connectivity index (χ1n) is 14.4. The number of hydrogen-bond donors (Lipinski definition) is 1. The summed E-state index contributed by atoms with van der Waals surface area (Å²) in [5.41, 5.74) is 13.4. The number of nitrogens with two attached hydrogens (primary N) is 1. The van der Waals surface area contributed by atoms with Gasteiger partial charge in [-0.2, -0.15) is 0 Å². The van der Waals surface area contributed by atoms with Crippen LogP contribution in [-0.4, -0.2) is 46.9 Å². The number of halogens is 3. The van der Waals surface area contributed by atoms with Crippen molar-refractivity contribution in [2.24, 2.45) is 5.73 Å². The SMILES string of the molecule is CCCCn1cc(-c2ccc(OC(F)(F)F)cc2CN)c2cc(CN3CCN(Cc4ccc(C)cc4)CC3)ccc21. The van der Waals surface area contributed by atoms with Crippen LogP contribution in [-0.2, 0) is 26.2 Å². The molecule has 1 aliphatic rings. The molecule has 0 atom stereocenters. The van der Waals surface area contributed by atoms with Gasteiger partial charge in [-0.05, 0) is 59.9 Å². The number of piperazine rings is 1. The summed E-state index contributed by atoms with van der Waals surface area (Å²) in [5, 5.41) is 1.09. The average Bonchev–Trinajstić information content (AvgIpc) is 3.30. The molecule has 41 heavy (non-hydrogen) atoms. The fourth-order valence-corrected chi connectivity index (χ4v) is 5.68. The van der Waals surface area contributed by atoms with E-state index in [4.69, 9.17) is 5.73 Å². The molecule has 1 aliphatic heterocycles. The largest absolute Gasteiger partial charge is 0.573 e. The van der Waals surface area contributed by atoms with Crippen molar-refractivity contribution < 1.29 is 17.9 Å². The van der Waals surface area contributed by atoms with Crippen molar-refractivity contribution in [3.8, 4) is 16.9 Å². The van der Waals surface area contributed by atoms with E-state index in [0.29, 0.717) is 5.56 Å². The molecule has 2 N–H and O–H groups in total. The smallest absolute Gasteiger partial charge is 0.406 e. The first-order valence-corrected chi connectivity index (χ1v) is 14.4. The van der Waals surface area contributed by atoms with E-state index in [1.807, 2.05) is 0 Å². The van der Waals surface area contributed by atoms with E-state index in [2.05, 4.69) is 81.6 Å². The highest BCUT2D eigenvalue weighted by Gasteiger charge is 2.31. The second-order valence-corrected chi connectivity index (χ2v) is 11.0. The first kappa shape index (κ1) is 29.2. The van der Waals surface area contributed by atoms with Crippen LogP contribution >= 0.6 is 0 Å². The van der Waals surface area contributed by atoms with E-state index >= 15 is 0 Å². The molecule has 1 fully saturated rings. The van der Waals surface area contributed by atoms with Gasteiger partial charge in [-0.3, -0.25) is 9.80 Å². The molecule has 0 unspecified atom stereocenters. The molecule has 1 aromatic heterocycles. The quantitative estimate of drug-likeness (QED) is 0.223. The summed E-state index contributed by atoms with van der Waals surface area (Å²) in [5.74, 6) is -0.251. The van der Waals surface area contributed by atoms with Gasteiger partial charge in [-0.15, -0.1) is 13.2 Å². The van der Waals surface area contributed by atoms with Crippen molar-refractivity contribution in [2.75, 3.05) is 26.2 Å². The molecule has 218 valence electrons. The summed E-state index contributed by atoms with van der Waals surface area (Å²) in [6.45, 7) is 11.2. The summed E-state index contributed by atoms with van der Waals surface area (Å²) in [6.07, 6.45) is -0.516. The highest BCUT2D eigenvalue weighted by molar-refractivity contribution is 5.97. The molecule has 1 saturated heterocycles. The molecule has 0 amide bonds. The van der Waals surface area contributed by atoms with Gasteiger partial charge in [-0.25, -0.2) is 0 Å². The van der Waals surface area contributed by atoms with Crippen LogP contribution in [0.2, 0.25) is 0 Å². The number of hydrogen-bond acceptors (Lipinski definition) is 4. The Bertz CT molecular complexity index is 1450. The van der Waals surface area contributed by atoms with Crippen LogP contribution in [0.25, 0.3) is 22.0 Å². The number of aromatic nitrogens is 1. The number of aryl methyl sites for hydroxylation is 2. The van der Waals surface area contributed by atoms with Gasteiger partial charge in [0, 0.05) is 75.0 Å². The summed E-state index contributed by atoms with van der Waals surface area (Å²) >= 11 is 0. The minimum Gasteiger partial charge on any atom is -0.406 e. The predicted octanol–water partition coefficient (Wildman–Crippen LogP) is 7.09. The van der Waals surface area contributed by atoms with Crippen LogP contribution in [0.4, 0.5) is 13.2 Å². The topological polar surface area (TPSA) is 46.7 Å². The third-order valence-corrected chi connectivity index (χ3v) is 7.92. The maximum absolute atomic E-state index is 12.8. The normalized spacial score (nSPS) is 15.1. The number of alkyl halides is 3. The van der Waals surface area contributed by atoms with E-state index in [1.165, 1.54) is 28.8 Å². The lowest BCUT2D eigenvalue weighted by Gasteiger charge is -2.34. The number of rotatable bonds is 10. The fourth-order valence-electron chi connectivity index (χ4n) is 5.68. The maximum Gasteiger partial charge on any atom is 0.573 e. The van der Waals surface area contributed by atoms with E-state index in [1.54, 1.807) is 6.07 Å². The van der Waals surface area contributed by atoms with Crippen LogP contribution in [0.5, 0.6) is 5.75 Å². The lowest BCUT2D eigenvalue weighted by atomic mass is 9.98. The minimum absolute atomic E-state index is 0.110. The van der Waals surface area contributed by atoms with Gasteiger partial charge >= 0.3 is 6.36 Å². The van der Waals surface area contributed by atoms with Gasteiger partial charge in [0.15, 0.2) is 0 Å². The summed E-state index contributed by atoms with van der Waals surface area (Å²) in [6, 6.07) is 19.9. The van der Waals surface area contributed by atoms with Crippen LogP contribution in [0.3, 0.4) is 0 Å². The summed E-state index contributed by atoms with van der Waals surface area (Å²) < 4.78 is 44.9. The van der Waals surface area contributed by atoms with Crippen LogP contribution < -0.4 is 10.5 Å². The zero-order valence-corrected chi connectivity index (χ0v) is 23.9. The molecule has 2 heterocycles. The molecule has 0 radical (unpaired) electrons. The standard InChI is InChI=1S/C33H39F3N4O/c1-3-4-13-40-23-31(29-11-10-28(19-27(29)20-37)41-33(34,35)36)30-18-26(9-12-32(30)40)22-39-16-14-38(15-17-39)21-25-7-5-24(2)6-8-25/h5-12,18-19,23H,3-4,13-17,20-22,37H2,1-2H3. The van der Waals surface area contributed by atoms with Gasteiger partial charge in [0.05, 0.1) is 0 Å². The van der Waals surface area contributed by atoms with Crippen LogP contribution in [0, 0.1) is 6.92 Å². The number of benzene rings is 3. The van der Waals surface area contributed by atoms with Gasteiger partial charge in [0.2, 0.25) is 0 Å². The molecule has 5 rings (SSSR count). The van der Waals surface area contributed by atoms with Crippen LogP contribution in [0.15, 0.2) is 66.9 Å². The Labute approximate surface area is 240 Å². The van der Waals surface area contributed by atoms with E-state index in [9.17, 15) is 13.2 Å². The molecular weight excluding hydrogens is 525 g/mol. The molecule has 8 heteroatoms. The number of fused-ring (bicyclic) bond motifs is 1.